The Labute approximate surface area is 159 Å². The topological polar surface area (TPSA) is 90.9 Å². The molecule has 9 heteroatoms. The molecule has 0 unspecified atom stereocenters. The smallest absolute Gasteiger partial charge is 0.271 e. The number of hydrazone groups is 1. The van der Waals surface area contributed by atoms with Crippen molar-refractivity contribution in [1.29, 1.82) is 0 Å². The van der Waals surface area contributed by atoms with Crippen molar-refractivity contribution in [1.82, 2.24) is 5.01 Å². The van der Waals surface area contributed by atoms with E-state index in [9.17, 15) is 23.2 Å². The van der Waals surface area contributed by atoms with Gasteiger partial charge in [-0.25, -0.2) is 13.8 Å². The summed E-state index contributed by atoms with van der Waals surface area (Å²) in [5.74, 6) is -2.35. The van der Waals surface area contributed by atoms with E-state index < -0.39 is 29.4 Å². The maximum atomic E-state index is 12.9. The molecule has 0 fully saturated rings. The van der Waals surface area contributed by atoms with Gasteiger partial charge < -0.3 is 10.6 Å². The van der Waals surface area contributed by atoms with Crippen LogP contribution in [0.4, 0.5) is 20.2 Å². The normalized spacial score (nSPS) is 13.7. The first-order chi connectivity index (χ1) is 13.4. The lowest BCUT2D eigenvalue weighted by atomic mass is 10.1. The minimum atomic E-state index is -0.539. The number of halogens is 2. The van der Waals surface area contributed by atoms with Gasteiger partial charge in [0.2, 0.25) is 11.8 Å². The van der Waals surface area contributed by atoms with Crippen LogP contribution in [0.2, 0.25) is 0 Å². The highest BCUT2D eigenvalue weighted by Gasteiger charge is 2.26. The third kappa shape index (κ3) is 4.97. The third-order valence-corrected chi connectivity index (χ3v) is 3.89. The van der Waals surface area contributed by atoms with E-state index in [-0.39, 0.29) is 25.1 Å². The van der Waals surface area contributed by atoms with E-state index in [0.717, 1.165) is 5.01 Å². The fourth-order valence-corrected chi connectivity index (χ4v) is 2.49. The number of amides is 3. The Morgan fingerprint density at radius 1 is 0.893 bits per heavy atom. The van der Waals surface area contributed by atoms with Crippen LogP contribution in [0.15, 0.2) is 53.6 Å². The second-order valence-corrected chi connectivity index (χ2v) is 6.01. The Bertz CT molecular complexity index is 927. The Kier molecular flexibility index (Phi) is 5.73. The molecule has 2 aromatic carbocycles. The molecule has 28 heavy (non-hydrogen) atoms. The molecule has 0 bridgehead atoms. The number of benzene rings is 2. The lowest BCUT2D eigenvalue weighted by molar-refractivity contribution is -0.135. The second-order valence-electron chi connectivity index (χ2n) is 6.01. The predicted molar refractivity (Wildman–Crippen MR) is 98.4 cm³/mol. The lowest BCUT2D eigenvalue weighted by Gasteiger charge is -2.22. The Hall–Kier alpha value is -3.62. The zero-order chi connectivity index (χ0) is 20.1. The Morgan fingerprint density at radius 2 is 1.43 bits per heavy atom. The van der Waals surface area contributed by atoms with Gasteiger partial charge in [0.05, 0.1) is 0 Å². The molecule has 144 valence electrons. The summed E-state index contributed by atoms with van der Waals surface area (Å²) in [6.45, 7) is -0.385. The average molecular weight is 386 g/mol. The molecule has 1 aliphatic heterocycles. The highest BCUT2D eigenvalue weighted by molar-refractivity contribution is 6.43. The van der Waals surface area contributed by atoms with Gasteiger partial charge in [0.15, 0.2) is 0 Å². The molecule has 3 rings (SSSR count). The van der Waals surface area contributed by atoms with E-state index >= 15 is 0 Å². The molecule has 0 saturated heterocycles. The van der Waals surface area contributed by atoms with Crippen molar-refractivity contribution in [2.75, 3.05) is 17.2 Å². The Morgan fingerprint density at radius 3 is 2.00 bits per heavy atom. The number of hydrogen-bond acceptors (Lipinski definition) is 4. The van der Waals surface area contributed by atoms with Gasteiger partial charge in [0, 0.05) is 24.2 Å². The van der Waals surface area contributed by atoms with E-state index in [0.29, 0.717) is 11.4 Å². The number of anilines is 2. The molecule has 2 N–H and O–H groups in total. The number of nitrogens with one attached hydrogen (secondary N) is 2. The highest BCUT2D eigenvalue weighted by atomic mass is 19.1. The zero-order valence-corrected chi connectivity index (χ0v) is 14.6. The van der Waals surface area contributed by atoms with Gasteiger partial charge in [0.1, 0.15) is 23.9 Å². The van der Waals surface area contributed by atoms with Crippen LogP contribution >= 0.6 is 0 Å². The van der Waals surface area contributed by atoms with Crippen LogP contribution in [-0.4, -0.2) is 35.0 Å². The number of carbonyl (C=O) groups excluding carboxylic acids is 3. The molecule has 1 aliphatic rings. The summed E-state index contributed by atoms with van der Waals surface area (Å²) in [7, 11) is 0. The minimum absolute atomic E-state index is 0.0273. The average Bonchev–Trinajstić information content (AvgIpc) is 2.67. The number of hydrogen-bond donors (Lipinski definition) is 2. The maximum absolute atomic E-state index is 12.9. The molecule has 3 amide bonds. The van der Waals surface area contributed by atoms with Gasteiger partial charge in [-0.15, -0.1) is 0 Å². The van der Waals surface area contributed by atoms with Crippen molar-refractivity contribution < 1.29 is 23.2 Å². The van der Waals surface area contributed by atoms with Gasteiger partial charge in [0.25, 0.3) is 5.91 Å². The molecule has 0 aromatic heterocycles. The highest BCUT2D eigenvalue weighted by Crippen LogP contribution is 2.14. The first-order valence-electron chi connectivity index (χ1n) is 8.41. The molecule has 2 aromatic rings. The minimum Gasteiger partial charge on any atom is -0.324 e. The van der Waals surface area contributed by atoms with E-state index in [4.69, 9.17) is 0 Å². The number of carbonyl (C=O) groups is 3. The maximum Gasteiger partial charge on any atom is 0.271 e. The van der Waals surface area contributed by atoms with E-state index in [1.54, 1.807) is 0 Å². The Balaban J connectivity index is 1.64. The van der Waals surface area contributed by atoms with Crippen LogP contribution in [0.1, 0.15) is 12.8 Å². The van der Waals surface area contributed by atoms with Crippen LogP contribution in [0.25, 0.3) is 0 Å². The predicted octanol–water partition coefficient (Wildman–Crippen LogP) is 2.52. The van der Waals surface area contributed by atoms with Gasteiger partial charge in [-0.3, -0.25) is 14.4 Å². The van der Waals surface area contributed by atoms with Crippen molar-refractivity contribution in [3.63, 3.8) is 0 Å². The van der Waals surface area contributed by atoms with Crippen LogP contribution in [-0.2, 0) is 14.4 Å². The van der Waals surface area contributed by atoms with E-state index in [2.05, 4.69) is 15.7 Å². The SMILES string of the molecule is O=C(CN1N=C(C(=O)Nc2ccc(F)cc2)CCC1=O)Nc1ccc(F)cc1. The van der Waals surface area contributed by atoms with Crippen LogP contribution in [0.5, 0.6) is 0 Å². The summed E-state index contributed by atoms with van der Waals surface area (Å²) in [4.78, 5) is 36.4. The molecular formula is C19H16F2N4O3. The van der Waals surface area contributed by atoms with Crippen molar-refractivity contribution in [3.8, 4) is 0 Å². The monoisotopic (exact) mass is 386 g/mol. The summed E-state index contributed by atoms with van der Waals surface area (Å²) < 4.78 is 25.8. The van der Waals surface area contributed by atoms with Crippen molar-refractivity contribution >= 4 is 34.8 Å². The first kappa shape index (κ1) is 19.2. The molecule has 1 heterocycles. The van der Waals surface area contributed by atoms with Crippen LogP contribution in [0.3, 0.4) is 0 Å². The van der Waals surface area contributed by atoms with Gasteiger partial charge in [-0.1, -0.05) is 0 Å². The van der Waals surface area contributed by atoms with Crippen LogP contribution < -0.4 is 10.6 Å². The summed E-state index contributed by atoms with van der Waals surface area (Å²) in [5, 5.41) is 9.97. The summed E-state index contributed by atoms with van der Waals surface area (Å²) in [6, 6.07) is 10.4. The van der Waals surface area contributed by atoms with Crippen molar-refractivity contribution in [2.24, 2.45) is 5.10 Å². The molecule has 0 saturated carbocycles. The zero-order valence-electron chi connectivity index (χ0n) is 14.6. The summed E-state index contributed by atoms with van der Waals surface area (Å²) in [6.07, 6.45) is 0.154. The molecule has 0 atom stereocenters. The number of rotatable bonds is 5. The van der Waals surface area contributed by atoms with Gasteiger partial charge >= 0.3 is 0 Å². The summed E-state index contributed by atoms with van der Waals surface area (Å²) in [5.41, 5.74) is 0.833. The second kappa shape index (κ2) is 8.38. The van der Waals surface area contributed by atoms with Gasteiger partial charge in [-0.2, -0.15) is 5.10 Å². The molecule has 7 nitrogen and oxygen atoms in total. The van der Waals surface area contributed by atoms with E-state index in [1.165, 1.54) is 48.5 Å². The summed E-state index contributed by atoms with van der Waals surface area (Å²) >= 11 is 0. The fraction of sp³-hybridized carbons (Fsp3) is 0.158. The van der Waals surface area contributed by atoms with Crippen molar-refractivity contribution in [3.05, 3.63) is 60.2 Å². The fourth-order valence-electron chi connectivity index (χ4n) is 2.49. The van der Waals surface area contributed by atoms with Crippen LogP contribution in [0, 0.1) is 11.6 Å². The third-order valence-electron chi connectivity index (χ3n) is 3.89. The quantitative estimate of drug-likeness (QED) is 0.827. The molecule has 0 radical (unpaired) electrons. The first-order valence-corrected chi connectivity index (χ1v) is 8.41. The number of nitrogens with zero attached hydrogens (tertiary/aromatic N) is 2. The lowest BCUT2D eigenvalue weighted by Crippen LogP contribution is -2.40. The van der Waals surface area contributed by atoms with E-state index in [1.807, 2.05) is 0 Å². The largest absolute Gasteiger partial charge is 0.324 e. The molecular weight excluding hydrogens is 370 g/mol. The van der Waals surface area contributed by atoms with Crippen molar-refractivity contribution in [2.45, 2.75) is 12.8 Å². The standard InChI is InChI=1S/C19H16F2N4O3/c20-12-1-5-14(6-2-12)22-17(26)11-25-18(27)10-9-16(24-25)19(28)23-15-7-3-13(21)4-8-15/h1-8H,9-11H2,(H,22,26)(H,23,28). The molecule has 0 spiro atoms. The van der Waals surface area contributed by atoms with Gasteiger partial charge in [-0.05, 0) is 48.5 Å². The molecule has 0 aliphatic carbocycles.